The molecular weight excluding hydrogens is 288 g/mol. The van der Waals surface area contributed by atoms with Crippen LogP contribution in [0.4, 0.5) is 4.79 Å². The van der Waals surface area contributed by atoms with Gasteiger partial charge in [0.15, 0.2) is 17.3 Å². The van der Waals surface area contributed by atoms with E-state index in [-0.39, 0.29) is 23.0 Å². The number of allylic oxidation sites excluding steroid dienone is 1. The van der Waals surface area contributed by atoms with E-state index >= 15 is 0 Å². The highest BCUT2D eigenvalue weighted by atomic mass is 16.5. The minimum absolute atomic E-state index is 0.140. The third kappa shape index (κ3) is 2.69. The third-order valence-electron chi connectivity index (χ3n) is 3.48. The standard InChI is InChI=1S/C15H18N2O5/c1-7-12(8(2)18)13(17-15(20)16-7)9-5-10(21-3)14(19)11(6-9)22-4/h5-6,13,19H,1-4H3,(H2,16,17,20). The first kappa shape index (κ1) is 15.7. The topological polar surface area (TPSA) is 96.9 Å². The molecule has 1 unspecified atom stereocenters. The smallest absolute Gasteiger partial charge is 0.319 e. The summed E-state index contributed by atoms with van der Waals surface area (Å²) in [7, 11) is 2.82. The Morgan fingerprint density at radius 2 is 1.77 bits per heavy atom. The molecule has 0 saturated carbocycles. The van der Waals surface area contributed by atoms with Gasteiger partial charge in [-0.1, -0.05) is 0 Å². The summed E-state index contributed by atoms with van der Waals surface area (Å²) >= 11 is 0. The molecule has 0 fully saturated rings. The van der Waals surface area contributed by atoms with Crippen LogP contribution in [0.5, 0.6) is 17.2 Å². The highest BCUT2D eigenvalue weighted by molar-refractivity contribution is 5.98. The van der Waals surface area contributed by atoms with Crippen LogP contribution in [-0.2, 0) is 4.79 Å². The van der Waals surface area contributed by atoms with E-state index in [0.717, 1.165) is 0 Å². The van der Waals surface area contributed by atoms with Gasteiger partial charge in [-0.3, -0.25) is 4.79 Å². The molecule has 1 heterocycles. The van der Waals surface area contributed by atoms with Crippen molar-refractivity contribution >= 4 is 11.8 Å². The summed E-state index contributed by atoms with van der Waals surface area (Å²) in [5, 5.41) is 15.2. The van der Waals surface area contributed by atoms with Crippen molar-refractivity contribution in [3.63, 3.8) is 0 Å². The van der Waals surface area contributed by atoms with Gasteiger partial charge in [0, 0.05) is 11.3 Å². The fourth-order valence-electron chi connectivity index (χ4n) is 2.49. The van der Waals surface area contributed by atoms with Crippen molar-refractivity contribution in [1.82, 2.24) is 10.6 Å². The first-order valence-corrected chi connectivity index (χ1v) is 6.63. The van der Waals surface area contributed by atoms with Crippen molar-refractivity contribution in [2.45, 2.75) is 19.9 Å². The predicted molar refractivity (Wildman–Crippen MR) is 79.0 cm³/mol. The van der Waals surface area contributed by atoms with E-state index in [1.807, 2.05) is 0 Å². The molecule has 0 spiro atoms. The van der Waals surface area contributed by atoms with Crippen LogP contribution < -0.4 is 20.1 Å². The van der Waals surface area contributed by atoms with E-state index in [0.29, 0.717) is 16.8 Å². The van der Waals surface area contributed by atoms with Gasteiger partial charge >= 0.3 is 6.03 Å². The molecule has 1 aromatic carbocycles. The van der Waals surface area contributed by atoms with Crippen molar-refractivity contribution in [3.8, 4) is 17.2 Å². The lowest BCUT2D eigenvalue weighted by Gasteiger charge is -2.28. The number of Topliss-reactive ketones (excluding diaryl/α,β-unsaturated/α-hetero) is 1. The maximum absolute atomic E-state index is 11.9. The van der Waals surface area contributed by atoms with Crippen molar-refractivity contribution in [2.24, 2.45) is 0 Å². The molecule has 7 nitrogen and oxygen atoms in total. The maximum atomic E-state index is 11.9. The lowest BCUT2D eigenvalue weighted by molar-refractivity contribution is -0.114. The van der Waals surface area contributed by atoms with E-state index in [1.165, 1.54) is 21.1 Å². The Bertz CT molecular complexity index is 641. The average Bonchev–Trinajstić information content (AvgIpc) is 2.46. The van der Waals surface area contributed by atoms with Crippen molar-refractivity contribution in [2.75, 3.05) is 14.2 Å². The van der Waals surface area contributed by atoms with Gasteiger partial charge in [0.25, 0.3) is 0 Å². The molecule has 1 aromatic rings. The summed E-state index contributed by atoms with van der Waals surface area (Å²) < 4.78 is 10.2. The van der Waals surface area contributed by atoms with Gasteiger partial charge in [-0.25, -0.2) is 4.79 Å². The molecule has 0 radical (unpaired) electrons. The molecule has 3 N–H and O–H groups in total. The number of methoxy groups -OCH3 is 2. The van der Waals surface area contributed by atoms with E-state index in [9.17, 15) is 14.7 Å². The number of carbonyl (C=O) groups excluding carboxylic acids is 2. The lowest BCUT2D eigenvalue weighted by atomic mass is 9.92. The van der Waals surface area contributed by atoms with Crippen LogP contribution in [0.2, 0.25) is 0 Å². The number of phenols is 1. The maximum Gasteiger partial charge on any atom is 0.319 e. The van der Waals surface area contributed by atoms with Crippen LogP contribution in [0.1, 0.15) is 25.5 Å². The van der Waals surface area contributed by atoms with Crippen LogP contribution in [0.15, 0.2) is 23.4 Å². The number of rotatable bonds is 4. The Hall–Kier alpha value is -2.70. The van der Waals surface area contributed by atoms with Gasteiger partial charge < -0.3 is 25.2 Å². The van der Waals surface area contributed by atoms with Crippen molar-refractivity contribution in [1.29, 1.82) is 0 Å². The number of carbonyl (C=O) groups is 2. The fourth-order valence-corrected chi connectivity index (χ4v) is 2.49. The number of nitrogens with one attached hydrogen (secondary N) is 2. The Morgan fingerprint density at radius 1 is 1.23 bits per heavy atom. The molecule has 118 valence electrons. The van der Waals surface area contributed by atoms with Crippen LogP contribution in [-0.4, -0.2) is 31.1 Å². The Kier molecular flexibility index (Phi) is 4.25. The van der Waals surface area contributed by atoms with E-state index in [1.54, 1.807) is 19.1 Å². The molecule has 0 aliphatic carbocycles. The van der Waals surface area contributed by atoms with Crippen LogP contribution >= 0.6 is 0 Å². The number of phenolic OH excluding ortho intramolecular Hbond substituents is 1. The number of hydrogen-bond acceptors (Lipinski definition) is 5. The molecule has 1 atom stereocenters. The predicted octanol–water partition coefficient (Wildman–Crippen LogP) is 1.63. The second kappa shape index (κ2) is 5.97. The zero-order chi connectivity index (χ0) is 16.4. The molecule has 0 saturated heterocycles. The fraction of sp³-hybridized carbons (Fsp3) is 0.333. The normalized spacial score (nSPS) is 17.6. The molecule has 22 heavy (non-hydrogen) atoms. The minimum Gasteiger partial charge on any atom is -0.502 e. The van der Waals surface area contributed by atoms with Crippen molar-refractivity contribution in [3.05, 3.63) is 29.0 Å². The number of aromatic hydroxyl groups is 1. The first-order chi connectivity index (χ1) is 10.4. The van der Waals surface area contributed by atoms with Crippen molar-refractivity contribution < 1.29 is 24.2 Å². The third-order valence-corrected chi connectivity index (χ3v) is 3.48. The lowest BCUT2D eigenvalue weighted by Crippen LogP contribution is -2.44. The molecule has 0 bridgehead atoms. The number of ketones is 1. The van der Waals surface area contributed by atoms with Gasteiger partial charge in [-0.05, 0) is 31.5 Å². The molecule has 0 aromatic heterocycles. The average molecular weight is 306 g/mol. The Morgan fingerprint density at radius 3 is 2.23 bits per heavy atom. The highest BCUT2D eigenvalue weighted by Crippen LogP contribution is 2.40. The SMILES string of the molecule is COc1cc(C2NC(=O)NC(C)=C2C(C)=O)cc(OC)c1O. The van der Waals surface area contributed by atoms with Gasteiger partial charge in [0.2, 0.25) is 5.75 Å². The first-order valence-electron chi connectivity index (χ1n) is 6.63. The number of urea groups is 1. The Balaban J connectivity index is 2.60. The van der Waals surface area contributed by atoms with E-state index in [2.05, 4.69) is 10.6 Å². The number of benzene rings is 1. The van der Waals surface area contributed by atoms with Crippen LogP contribution in [0, 0.1) is 0 Å². The van der Waals surface area contributed by atoms with Gasteiger partial charge in [-0.2, -0.15) is 0 Å². The molecule has 7 heteroatoms. The van der Waals surface area contributed by atoms with Gasteiger partial charge in [-0.15, -0.1) is 0 Å². The quantitative estimate of drug-likeness (QED) is 0.785. The zero-order valence-electron chi connectivity index (χ0n) is 12.8. The molecule has 2 rings (SSSR count). The van der Waals surface area contributed by atoms with Gasteiger partial charge in [0.1, 0.15) is 0 Å². The highest BCUT2D eigenvalue weighted by Gasteiger charge is 2.30. The second-order valence-corrected chi connectivity index (χ2v) is 4.90. The molecular formula is C15H18N2O5. The summed E-state index contributed by atoms with van der Waals surface area (Å²) in [6.45, 7) is 3.09. The largest absolute Gasteiger partial charge is 0.502 e. The summed E-state index contributed by atoms with van der Waals surface area (Å²) in [6, 6.07) is 2.07. The van der Waals surface area contributed by atoms with E-state index in [4.69, 9.17) is 9.47 Å². The summed E-state index contributed by atoms with van der Waals surface area (Å²) in [6.07, 6.45) is 0. The number of hydrogen-bond donors (Lipinski definition) is 3. The van der Waals surface area contributed by atoms with Gasteiger partial charge in [0.05, 0.1) is 20.3 Å². The number of ether oxygens (including phenoxy) is 2. The Labute approximate surface area is 127 Å². The molecule has 2 amide bonds. The van der Waals surface area contributed by atoms with E-state index < -0.39 is 12.1 Å². The summed E-state index contributed by atoms with van der Waals surface area (Å²) in [4.78, 5) is 23.6. The minimum atomic E-state index is -0.644. The van der Waals surface area contributed by atoms with Crippen LogP contribution in [0.3, 0.4) is 0 Å². The summed E-state index contributed by atoms with van der Waals surface area (Å²) in [5.41, 5.74) is 1.51. The summed E-state index contributed by atoms with van der Waals surface area (Å²) in [5.74, 6) is 0.0884. The molecule has 1 aliphatic rings. The molecule has 1 aliphatic heterocycles. The second-order valence-electron chi connectivity index (χ2n) is 4.90. The number of amides is 2. The monoisotopic (exact) mass is 306 g/mol. The zero-order valence-corrected chi connectivity index (χ0v) is 12.8. The van der Waals surface area contributed by atoms with Crippen LogP contribution in [0.25, 0.3) is 0 Å².